The predicted molar refractivity (Wildman–Crippen MR) is 87.1 cm³/mol. The van der Waals surface area contributed by atoms with Gasteiger partial charge in [-0.15, -0.1) is 0 Å². The Labute approximate surface area is 131 Å². The van der Waals surface area contributed by atoms with Gasteiger partial charge in [0.05, 0.1) is 19.3 Å². The van der Waals surface area contributed by atoms with Crippen LogP contribution in [-0.2, 0) is 9.47 Å². The Morgan fingerprint density at radius 2 is 1.95 bits per heavy atom. The van der Waals surface area contributed by atoms with Crippen molar-refractivity contribution < 1.29 is 9.47 Å². The van der Waals surface area contributed by atoms with Crippen molar-refractivity contribution in [2.45, 2.75) is 32.8 Å². The van der Waals surface area contributed by atoms with E-state index in [-0.39, 0.29) is 6.10 Å². The van der Waals surface area contributed by atoms with Crippen LogP contribution < -0.4 is 5.32 Å². The maximum absolute atomic E-state index is 5.97. The minimum atomic E-state index is 0.0558. The average molecular weight is 344 g/mol. The Hall–Kier alpha value is -0.420. The third-order valence-corrected chi connectivity index (χ3v) is 3.74. The lowest BCUT2D eigenvalue weighted by molar-refractivity contribution is 0.00351. The number of hydrogen-bond acceptors (Lipinski definition) is 3. The molecule has 4 heteroatoms. The molecule has 114 valence electrons. The Morgan fingerprint density at radius 1 is 1.15 bits per heavy atom. The van der Waals surface area contributed by atoms with Gasteiger partial charge >= 0.3 is 0 Å². The molecule has 20 heavy (non-hydrogen) atoms. The minimum absolute atomic E-state index is 0.0558. The van der Waals surface area contributed by atoms with E-state index >= 15 is 0 Å². The van der Waals surface area contributed by atoms with E-state index in [4.69, 9.17) is 9.47 Å². The molecule has 0 bridgehead atoms. The third kappa shape index (κ3) is 6.84. The number of likely N-dealkylation sites (N-methyl/N-ethyl adjacent to an activating group) is 1. The molecule has 1 N–H and O–H groups in total. The van der Waals surface area contributed by atoms with E-state index in [0.29, 0.717) is 13.2 Å². The first-order valence-corrected chi connectivity index (χ1v) is 8.23. The van der Waals surface area contributed by atoms with Gasteiger partial charge in [0.25, 0.3) is 0 Å². The lowest BCUT2D eigenvalue weighted by Crippen LogP contribution is -2.24. The first-order valence-electron chi connectivity index (χ1n) is 7.44. The van der Waals surface area contributed by atoms with Crippen LogP contribution in [0.15, 0.2) is 28.7 Å². The highest BCUT2D eigenvalue weighted by Crippen LogP contribution is 2.25. The van der Waals surface area contributed by atoms with Gasteiger partial charge in [-0.3, -0.25) is 0 Å². The fraction of sp³-hybridized carbons (Fsp3) is 0.625. The molecule has 1 aromatic rings. The zero-order valence-corrected chi connectivity index (χ0v) is 14.1. The van der Waals surface area contributed by atoms with Gasteiger partial charge in [-0.1, -0.05) is 54.4 Å². The number of ether oxygens (including phenoxy) is 2. The summed E-state index contributed by atoms with van der Waals surface area (Å²) in [5, 5.41) is 3.35. The Morgan fingerprint density at radius 3 is 2.65 bits per heavy atom. The molecular formula is C16H26BrNO2. The van der Waals surface area contributed by atoms with Gasteiger partial charge < -0.3 is 14.8 Å². The van der Waals surface area contributed by atoms with Gasteiger partial charge in [-0.25, -0.2) is 0 Å². The maximum atomic E-state index is 5.97. The van der Waals surface area contributed by atoms with Gasteiger partial charge in [0.2, 0.25) is 0 Å². The molecule has 0 aliphatic heterocycles. The molecule has 1 aromatic carbocycles. The standard InChI is InChI=1S/C16H26BrNO2/c1-3-5-10-19-11-12-20-16(13-18-4-2)14-8-6-7-9-15(14)17/h6-9,16,18H,3-5,10-13H2,1-2H3. The highest BCUT2D eigenvalue weighted by molar-refractivity contribution is 9.10. The second-order valence-electron chi connectivity index (χ2n) is 4.65. The molecule has 1 atom stereocenters. The van der Waals surface area contributed by atoms with Crippen molar-refractivity contribution >= 4 is 15.9 Å². The van der Waals surface area contributed by atoms with Gasteiger partial charge in [0.15, 0.2) is 0 Å². The number of hydrogen-bond donors (Lipinski definition) is 1. The van der Waals surface area contributed by atoms with Crippen molar-refractivity contribution in [1.29, 1.82) is 0 Å². The fourth-order valence-electron chi connectivity index (χ4n) is 1.87. The largest absolute Gasteiger partial charge is 0.379 e. The molecule has 0 saturated heterocycles. The SMILES string of the molecule is CCCCOCCOC(CNCC)c1ccccc1Br. The number of rotatable bonds is 11. The predicted octanol–water partition coefficient (Wildman–Crippen LogP) is 3.93. The second-order valence-corrected chi connectivity index (χ2v) is 5.51. The maximum Gasteiger partial charge on any atom is 0.0961 e. The molecule has 0 saturated carbocycles. The van der Waals surface area contributed by atoms with Crippen LogP contribution >= 0.6 is 15.9 Å². The van der Waals surface area contributed by atoms with Crippen LogP contribution in [0.2, 0.25) is 0 Å². The molecule has 0 amide bonds. The van der Waals surface area contributed by atoms with Crippen LogP contribution in [0.5, 0.6) is 0 Å². The molecule has 0 aliphatic carbocycles. The van der Waals surface area contributed by atoms with Crippen LogP contribution in [0.1, 0.15) is 38.4 Å². The van der Waals surface area contributed by atoms with E-state index in [0.717, 1.165) is 30.6 Å². The van der Waals surface area contributed by atoms with Gasteiger partial charge in [0, 0.05) is 17.6 Å². The van der Waals surface area contributed by atoms with E-state index in [1.165, 1.54) is 12.0 Å². The first kappa shape index (κ1) is 17.6. The first-order chi connectivity index (χ1) is 9.79. The van der Waals surface area contributed by atoms with Crippen LogP contribution in [0, 0.1) is 0 Å². The van der Waals surface area contributed by atoms with E-state index < -0.39 is 0 Å². The molecule has 0 spiro atoms. The molecule has 0 radical (unpaired) electrons. The van der Waals surface area contributed by atoms with Gasteiger partial charge in [-0.05, 0) is 24.6 Å². The van der Waals surface area contributed by atoms with Gasteiger partial charge in [-0.2, -0.15) is 0 Å². The third-order valence-electron chi connectivity index (χ3n) is 3.02. The molecule has 0 aliphatic rings. The van der Waals surface area contributed by atoms with Crippen molar-refractivity contribution in [2.75, 3.05) is 32.9 Å². The molecule has 0 heterocycles. The molecule has 1 rings (SSSR count). The lowest BCUT2D eigenvalue weighted by atomic mass is 10.1. The monoisotopic (exact) mass is 343 g/mol. The van der Waals surface area contributed by atoms with Crippen molar-refractivity contribution in [3.8, 4) is 0 Å². The van der Waals surface area contributed by atoms with E-state index in [2.05, 4.69) is 47.2 Å². The fourth-order valence-corrected chi connectivity index (χ4v) is 2.41. The summed E-state index contributed by atoms with van der Waals surface area (Å²) in [6.45, 7) is 8.14. The molecule has 0 aromatic heterocycles. The summed E-state index contributed by atoms with van der Waals surface area (Å²) in [5.41, 5.74) is 1.18. The van der Waals surface area contributed by atoms with Crippen molar-refractivity contribution in [3.05, 3.63) is 34.3 Å². The summed E-state index contributed by atoms with van der Waals surface area (Å²) in [4.78, 5) is 0. The quantitative estimate of drug-likeness (QED) is 0.617. The number of benzene rings is 1. The zero-order chi connectivity index (χ0) is 14.6. The highest BCUT2D eigenvalue weighted by Gasteiger charge is 2.14. The molecule has 1 unspecified atom stereocenters. The van der Waals surface area contributed by atoms with Crippen LogP contribution in [0.4, 0.5) is 0 Å². The molecular weight excluding hydrogens is 318 g/mol. The Kier molecular flexibility index (Phi) is 9.93. The van der Waals surface area contributed by atoms with E-state index in [9.17, 15) is 0 Å². The Bertz CT molecular complexity index is 360. The topological polar surface area (TPSA) is 30.5 Å². The average Bonchev–Trinajstić information content (AvgIpc) is 2.47. The molecule has 3 nitrogen and oxygen atoms in total. The van der Waals surface area contributed by atoms with Crippen molar-refractivity contribution in [3.63, 3.8) is 0 Å². The number of unbranched alkanes of at least 4 members (excludes halogenated alkanes) is 1. The summed E-state index contributed by atoms with van der Waals surface area (Å²) in [5.74, 6) is 0. The van der Waals surface area contributed by atoms with E-state index in [1.54, 1.807) is 0 Å². The molecule has 0 fully saturated rings. The lowest BCUT2D eigenvalue weighted by Gasteiger charge is -2.20. The van der Waals surface area contributed by atoms with Crippen LogP contribution in [0.25, 0.3) is 0 Å². The summed E-state index contributed by atoms with van der Waals surface area (Å²) in [7, 11) is 0. The second kappa shape index (κ2) is 11.3. The number of halogens is 1. The minimum Gasteiger partial charge on any atom is -0.379 e. The zero-order valence-electron chi connectivity index (χ0n) is 12.5. The summed E-state index contributed by atoms with van der Waals surface area (Å²) in [6.07, 6.45) is 2.34. The summed E-state index contributed by atoms with van der Waals surface area (Å²) < 4.78 is 12.6. The smallest absolute Gasteiger partial charge is 0.0961 e. The van der Waals surface area contributed by atoms with Crippen LogP contribution in [-0.4, -0.2) is 32.9 Å². The number of nitrogens with one attached hydrogen (secondary N) is 1. The van der Waals surface area contributed by atoms with Crippen LogP contribution in [0.3, 0.4) is 0 Å². The van der Waals surface area contributed by atoms with Crippen molar-refractivity contribution in [1.82, 2.24) is 5.32 Å². The van der Waals surface area contributed by atoms with E-state index in [1.807, 2.05) is 12.1 Å². The van der Waals surface area contributed by atoms with Gasteiger partial charge in [0.1, 0.15) is 0 Å². The Balaban J connectivity index is 2.42. The normalized spacial score (nSPS) is 12.6. The van der Waals surface area contributed by atoms with Crippen molar-refractivity contribution in [2.24, 2.45) is 0 Å². The summed E-state index contributed by atoms with van der Waals surface area (Å²) >= 11 is 3.59. The summed E-state index contributed by atoms with van der Waals surface area (Å²) in [6, 6.07) is 8.21. The highest BCUT2D eigenvalue weighted by atomic mass is 79.9.